The van der Waals surface area contributed by atoms with Gasteiger partial charge in [-0.2, -0.15) is 0 Å². The first-order valence-corrected chi connectivity index (χ1v) is 8.70. The van der Waals surface area contributed by atoms with Crippen LogP contribution in [0.25, 0.3) is 0 Å². The molecular weight excluding hydrogens is 368 g/mol. The molecule has 124 valence electrons. The SMILES string of the molecule is Cc1cc(C)cc(N2CC[C@@H](NC(=O)c3ccccc3Br)C2=O)c1. The Hall–Kier alpha value is -2.14. The van der Waals surface area contributed by atoms with E-state index >= 15 is 0 Å². The van der Waals surface area contributed by atoms with Crippen LogP contribution < -0.4 is 10.2 Å². The van der Waals surface area contributed by atoms with Gasteiger partial charge in [0.25, 0.3) is 5.91 Å². The lowest BCUT2D eigenvalue weighted by Gasteiger charge is -2.18. The molecule has 0 aromatic heterocycles. The third-order valence-corrected chi connectivity index (χ3v) is 4.84. The normalized spacial score (nSPS) is 17.2. The van der Waals surface area contributed by atoms with Gasteiger partial charge in [-0.25, -0.2) is 0 Å². The molecule has 2 aromatic rings. The second-order valence-electron chi connectivity index (χ2n) is 6.13. The van der Waals surface area contributed by atoms with E-state index in [-0.39, 0.29) is 11.8 Å². The Bertz CT molecular complexity index is 783. The van der Waals surface area contributed by atoms with Gasteiger partial charge in [0, 0.05) is 16.7 Å². The van der Waals surface area contributed by atoms with Crippen molar-refractivity contribution in [1.82, 2.24) is 5.32 Å². The lowest BCUT2D eigenvalue weighted by molar-refractivity contribution is -0.118. The molecule has 1 N–H and O–H groups in total. The summed E-state index contributed by atoms with van der Waals surface area (Å²) in [5.74, 6) is -0.288. The lowest BCUT2D eigenvalue weighted by Crippen LogP contribution is -2.41. The quantitative estimate of drug-likeness (QED) is 0.875. The molecule has 1 atom stereocenters. The molecule has 4 nitrogen and oxygen atoms in total. The van der Waals surface area contributed by atoms with Crippen LogP contribution in [0.1, 0.15) is 27.9 Å². The van der Waals surface area contributed by atoms with Crippen molar-refractivity contribution in [1.29, 1.82) is 0 Å². The number of hydrogen-bond donors (Lipinski definition) is 1. The number of benzene rings is 2. The maximum absolute atomic E-state index is 12.7. The number of carbonyl (C=O) groups is 2. The number of nitrogens with one attached hydrogen (secondary N) is 1. The average molecular weight is 387 g/mol. The van der Waals surface area contributed by atoms with Crippen molar-refractivity contribution >= 4 is 33.4 Å². The number of rotatable bonds is 3. The van der Waals surface area contributed by atoms with Gasteiger partial charge in [-0.15, -0.1) is 0 Å². The number of aryl methyl sites for hydroxylation is 2. The predicted octanol–water partition coefficient (Wildman–Crippen LogP) is 3.60. The van der Waals surface area contributed by atoms with Crippen LogP contribution in [-0.4, -0.2) is 24.4 Å². The Kier molecular flexibility index (Phi) is 4.71. The van der Waals surface area contributed by atoms with Crippen molar-refractivity contribution in [2.24, 2.45) is 0 Å². The minimum atomic E-state index is -0.481. The fourth-order valence-corrected chi connectivity index (χ4v) is 3.52. The number of anilines is 1. The van der Waals surface area contributed by atoms with Crippen LogP contribution in [0.5, 0.6) is 0 Å². The Morgan fingerprint density at radius 2 is 1.83 bits per heavy atom. The monoisotopic (exact) mass is 386 g/mol. The Balaban J connectivity index is 1.75. The predicted molar refractivity (Wildman–Crippen MR) is 98.3 cm³/mol. The van der Waals surface area contributed by atoms with Crippen LogP contribution in [0, 0.1) is 13.8 Å². The summed E-state index contributed by atoms with van der Waals surface area (Å²) in [6.07, 6.45) is 0.613. The van der Waals surface area contributed by atoms with Crippen molar-refractivity contribution in [3.63, 3.8) is 0 Å². The van der Waals surface area contributed by atoms with Gasteiger partial charge in [-0.3, -0.25) is 9.59 Å². The first-order valence-electron chi connectivity index (χ1n) is 7.91. The molecule has 1 heterocycles. The Morgan fingerprint density at radius 3 is 2.50 bits per heavy atom. The van der Waals surface area contributed by atoms with Gasteiger partial charge in [-0.05, 0) is 71.6 Å². The highest BCUT2D eigenvalue weighted by molar-refractivity contribution is 9.10. The maximum atomic E-state index is 12.7. The van der Waals surface area contributed by atoms with Crippen molar-refractivity contribution in [3.05, 3.63) is 63.6 Å². The van der Waals surface area contributed by atoms with E-state index < -0.39 is 6.04 Å². The minimum absolute atomic E-state index is 0.0552. The van der Waals surface area contributed by atoms with Crippen LogP contribution in [-0.2, 0) is 4.79 Å². The van der Waals surface area contributed by atoms with E-state index in [1.165, 1.54) is 0 Å². The molecule has 0 bridgehead atoms. The molecule has 5 heteroatoms. The molecule has 24 heavy (non-hydrogen) atoms. The Morgan fingerprint density at radius 1 is 1.17 bits per heavy atom. The molecule has 0 radical (unpaired) electrons. The number of amides is 2. The first-order chi connectivity index (χ1) is 11.5. The van der Waals surface area contributed by atoms with Crippen molar-refractivity contribution in [2.45, 2.75) is 26.3 Å². The summed E-state index contributed by atoms with van der Waals surface area (Å²) in [6.45, 7) is 4.65. The van der Waals surface area contributed by atoms with Crippen LogP contribution in [0.3, 0.4) is 0 Å². The van der Waals surface area contributed by atoms with Gasteiger partial charge in [0.05, 0.1) is 5.56 Å². The minimum Gasteiger partial charge on any atom is -0.340 e. The van der Waals surface area contributed by atoms with Gasteiger partial charge >= 0.3 is 0 Å². The molecule has 2 aromatic carbocycles. The molecule has 0 aliphatic carbocycles. The highest BCUT2D eigenvalue weighted by Gasteiger charge is 2.34. The maximum Gasteiger partial charge on any atom is 0.253 e. The molecule has 2 amide bonds. The zero-order valence-corrected chi connectivity index (χ0v) is 15.3. The largest absolute Gasteiger partial charge is 0.340 e. The smallest absolute Gasteiger partial charge is 0.253 e. The van der Waals surface area contributed by atoms with Gasteiger partial charge in [-0.1, -0.05) is 18.2 Å². The first kappa shape index (κ1) is 16.7. The summed E-state index contributed by atoms with van der Waals surface area (Å²) in [4.78, 5) is 26.8. The van der Waals surface area contributed by atoms with Crippen LogP contribution >= 0.6 is 15.9 Å². The summed E-state index contributed by atoms with van der Waals surface area (Å²) >= 11 is 3.37. The number of carbonyl (C=O) groups excluding carboxylic acids is 2. The summed E-state index contributed by atoms with van der Waals surface area (Å²) < 4.78 is 0.721. The van der Waals surface area contributed by atoms with E-state index in [1.54, 1.807) is 17.0 Å². The number of halogens is 1. The van der Waals surface area contributed by atoms with E-state index in [9.17, 15) is 9.59 Å². The van der Waals surface area contributed by atoms with Gasteiger partial charge in [0.1, 0.15) is 6.04 Å². The zero-order chi connectivity index (χ0) is 17.3. The molecule has 3 rings (SSSR count). The zero-order valence-electron chi connectivity index (χ0n) is 13.7. The topological polar surface area (TPSA) is 49.4 Å². The van der Waals surface area contributed by atoms with E-state index in [2.05, 4.69) is 27.3 Å². The molecule has 1 fully saturated rings. The van der Waals surface area contributed by atoms with Crippen molar-refractivity contribution < 1.29 is 9.59 Å². The standard InChI is InChI=1S/C19H19BrN2O2/c1-12-9-13(2)11-14(10-12)22-8-7-17(19(22)24)21-18(23)15-5-3-4-6-16(15)20/h3-6,9-11,17H,7-8H2,1-2H3,(H,21,23)/t17-/m1/s1. The van der Waals surface area contributed by atoms with Crippen LogP contribution in [0.4, 0.5) is 5.69 Å². The van der Waals surface area contributed by atoms with Gasteiger partial charge < -0.3 is 10.2 Å². The number of nitrogens with zero attached hydrogens (tertiary/aromatic N) is 1. The molecule has 1 saturated heterocycles. The summed E-state index contributed by atoms with van der Waals surface area (Å²) in [5, 5.41) is 2.85. The third kappa shape index (κ3) is 3.36. The van der Waals surface area contributed by atoms with Gasteiger partial charge in [0.15, 0.2) is 0 Å². The van der Waals surface area contributed by atoms with E-state index in [0.717, 1.165) is 21.3 Å². The van der Waals surface area contributed by atoms with E-state index in [1.807, 2.05) is 38.1 Å². The van der Waals surface area contributed by atoms with Crippen molar-refractivity contribution in [2.75, 3.05) is 11.4 Å². The van der Waals surface area contributed by atoms with E-state index in [4.69, 9.17) is 0 Å². The van der Waals surface area contributed by atoms with Gasteiger partial charge in [0.2, 0.25) is 5.91 Å². The van der Waals surface area contributed by atoms with Crippen LogP contribution in [0.15, 0.2) is 46.9 Å². The molecule has 0 saturated carbocycles. The van der Waals surface area contributed by atoms with Crippen molar-refractivity contribution in [3.8, 4) is 0 Å². The molecule has 1 aliphatic heterocycles. The molecule has 0 unspecified atom stereocenters. The highest BCUT2D eigenvalue weighted by atomic mass is 79.9. The summed E-state index contributed by atoms with van der Waals surface area (Å²) in [6, 6.07) is 12.8. The van der Waals surface area contributed by atoms with E-state index in [0.29, 0.717) is 18.5 Å². The summed E-state index contributed by atoms with van der Waals surface area (Å²) in [7, 11) is 0. The third-order valence-electron chi connectivity index (χ3n) is 4.15. The molecule has 0 spiro atoms. The Labute approximate surface area is 150 Å². The molecular formula is C19H19BrN2O2. The molecule has 1 aliphatic rings. The average Bonchev–Trinajstić information content (AvgIpc) is 2.87. The number of hydrogen-bond acceptors (Lipinski definition) is 2. The van der Waals surface area contributed by atoms with Crippen LogP contribution in [0.2, 0.25) is 0 Å². The summed E-state index contributed by atoms with van der Waals surface area (Å²) in [5.41, 5.74) is 3.68. The second kappa shape index (κ2) is 6.77. The highest BCUT2D eigenvalue weighted by Crippen LogP contribution is 2.24. The lowest BCUT2D eigenvalue weighted by atomic mass is 10.1. The second-order valence-corrected chi connectivity index (χ2v) is 6.98. The fraction of sp³-hybridized carbons (Fsp3) is 0.263. The fourth-order valence-electron chi connectivity index (χ4n) is 3.06.